The Balaban J connectivity index is 2.13. The fourth-order valence-electron chi connectivity index (χ4n) is 2.82. The maximum absolute atomic E-state index is 6.01. The molecule has 1 fully saturated rings. The van der Waals surface area contributed by atoms with Gasteiger partial charge < -0.3 is 9.88 Å². The van der Waals surface area contributed by atoms with Crippen molar-refractivity contribution < 1.29 is 0 Å². The van der Waals surface area contributed by atoms with E-state index in [-0.39, 0.29) is 10.8 Å². The standard InChI is InChI=1S/C14H20ClN5/c1-14(2,3)19-12-10-11(17-13(15)18-12)16-8-20(10)9-6-4-5-7-9/h8-9H,4-7H2,1-3H3,(H,17,18,19). The molecule has 1 saturated carbocycles. The fourth-order valence-corrected chi connectivity index (χ4v) is 2.99. The van der Waals surface area contributed by atoms with Crippen molar-refractivity contribution in [2.24, 2.45) is 0 Å². The molecule has 0 bridgehead atoms. The summed E-state index contributed by atoms with van der Waals surface area (Å²) in [7, 11) is 0. The lowest BCUT2D eigenvalue weighted by molar-refractivity contribution is 0.531. The molecular weight excluding hydrogens is 274 g/mol. The van der Waals surface area contributed by atoms with Crippen molar-refractivity contribution in [3.8, 4) is 0 Å². The van der Waals surface area contributed by atoms with Crippen LogP contribution in [-0.4, -0.2) is 25.1 Å². The second-order valence-electron chi connectivity index (χ2n) is 6.48. The fraction of sp³-hybridized carbons (Fsp3) is 0.643. The molecule has 0 spiro atoms. The summed E-state index contributed by atoms with van der Waals surface area (Å²) < 4.78 is 2.22. The molecule has 5 nitrogen and oxygen atoms in total. The van der Waals surface area contributed by atoms with Gasteiger partial charge in [-0.15, -0.1) is 0 Å². The van der Waals surface area contributed by atoms with Gasteiger partial charge in [0, 0.05) is 11.6 Å². The van der Waals surface area contributed by atoms with E-state index < -0.39 is 0 Å². The number of halogens is 1. The smallest absolute Gasteiger partial charge is 0.226 e. The first-order valence-corrected chi connectivity index (χ1v) is 7.50. The van der Waals surface area contributed by atoms with Gasteiger partial charge in [-0.1, -0.05) is 12.8 Å². The van der Waals surface area contributed by atoms with Crippen molar-refractivity contribution in [1.82, 2.24) is 19.5 Å². The average molecular weight is 294 g/mol. The van der Waals surface area contributed by atoms with Crippen LogP contribution in [-0.2, 0) is 0 Å². The van der Waals surface area contributed by atoms with E-state index in [4.69, 9.17) is 11.6 Å². The largest absolute Gasteiger partial charge is 0.364 e. The zero-order chi connectivity index (χ0) is 14.3. The summed E-state index contributed by atoms with van der Waals surface area (Å²) in [6, 6.07) is 0.505. The molecule has 108 valence electrons. The minimum absolute atomic E-state index is 0.0879. The summed E-state index contributed by atoms with van der Waals surface area (Å²) in [6.07, 6.45) is 6.83. The minimum Gasteiger partial charge on any atom is -0.364 e. The summed E-state index contributed by atoms with van der Waals surface area (Å²) in [5.41, 5.74) is 1.55. The average Bonchev–Trinajstić information content (AvgIpc) is 2.92. The Morgan fingerprint density at radius 2 is 1.95 bits per heavy atom. The van der Waals surface area contributed by atoms with Gasteiger partial charge in [0.25, 0.3) is 0 Å². The predicted octanol–water partition coefficient (Wildman–Crippen LogP) is 3.81. The lowest BCUT2D eigenvalue weighted by Gasteiger charge is -2.23. The van der Waals surface area contributed by atoms with E-state index in [1.54, 1.807) is 0 Å². The normalized spacial score (nSPS) is 17.0. The molecule has 20 heavy (non-hydrogen) atoms. The lowest BCUT2D eigenvalue weighted by atomic mass is 10.1. The second-order valence-corrected chi connectivity index (χ2v) is 6.82. The first-order chi connectivity index (χ1) is 9.44. The van der Waals surface area contributed by atoms with Crippen LogP contribution >= 0.6 is 11.6 Å². The van der Waals surface area contributed by atoms with E-state index in [0.717, 1.165) is 11.3 Å². The van der Waals surface area contributed by atoms with Crippen molar-refractivity contribution in [3.05, 3.63) is 11.6 Å². The van der Waals surface area contributed by atoms with Gasteiger partial charge in [0.1, 0.15) is 5.52 Å². The zero-order valence-corrected chi connectivity index (χ0v) is 12.9. The maximum atomic E-state index is 6.01. The van der Waals surface area contributed by atoms with Crippen molar-refractivity contribution in [1.29, 1.82) is 0 Å². The van der Waals surface area contributed by atoms with Crippen LogP contribution in [0.5, 0.6) is 0 Å². The van der Waals surface area contributed by atoms with Crippen LogP contribution in [0.2, 0.25) is 5.28 Å². The Morgan fingerprint density at radius 3 is 2.60 bits per heavy atom. The second kappa shape index (κ2) is 4.88. The van der Waals surface area contributed by atoms with Gasteiger partial charge in [-0.2, -0.15) is 9.97 Å². The number of fused-ring (bicyclic) bond motifs is 1. The summed E-state index contributed by atoms with van der Waals surface area (Å²) in [4.78, 5) is 13.0. The number of nitrogens with one attached hydrogen (secondary N) is 1. The Kier molecular flexibility index (Phi) is 3.32. The van der Waals surface area contributed by atoms with Gasteiger partial charge >= 0.3 is 0 Å². The Labute approximate surface area is 123 Å². The molecule has 2 aromatic heterocycles. The van der Waals surface area contributed by atoms with E-state index in [1.807, 2.05) is 6.33 Å². The molecule has 3 rings (SSSR count). The predicted molar refractivity (Wildman–Crippen MR) is 81.2 cm³/mol. The monoisotopic (exact) mass is 293 g/mol. The highest BCUT2D eigenvalue weighted by molar-refractivity contribution is 6.28. The summed E-state index contributed by atoms with van der Waals surface area (Å²) >= 11 is 6.01. The van der Waals surface area contributed by atoms with E-state index in [9.17, 15) is 0 Å². The first-order valence-electron chi connectivity index (χ1n) is 7.12. The van der Waals surface area contributed by atoms with Crippen LogP contribution in [0, 0.1) is 0 Å². The van der Waals surface area contributed by atoms with E-state index in [0.29, 0.717) is 11.7 Å². The van der Waals surface area contributed by atoms with Crippen LogP contribution < -0.4 is 5.32 Å². The topological polar surface area (TPSA) is 55.6 Å². The van der Waals surface area contributed by atoms with Crippen molar-refractivity contribution in [3.63, 3.8) is 0 Å². The number of nitrogens with zero attached hydrogens (tertiary/aromatic N) is 4. The molecule has 0 amide bonds. The Hall–Kier alpha value is -1.36. The Bertz CT molecular complexity index is 622. The number of anilines is 1. The molecule has 0 aliphatic heterocycles. The molecule has 1 N–H and O–H groups in total. The van der Waals surface area contributed by atoms with Crippen LogP contribution in [0.25, 0.3) is 11.2 Å². The number of rotatable bonds is 2. The molecule has 1 aliphatic carbocycles. The molecule has 0 atom stereocenters. The van der Waals surface area contributed by atoms with Gasteiger partial charge in [0.2, 0.25) is 5.28 Å². The number of imidazole rings is 1. The van der Waals surface area contributed by atoms with Gasteiger partial charge in [-0.05, 0) is 45.2 Å². The number of hydrogen-bond donors (Lipinski definition) is 1. The molecule has 6 heteroatoms. The van der Waals surface area contributed by atoms with E-state index in [2.05, 4.69) is 45.6 Å². The molecule has 1 aliphatic rings. The van der Waals surface area contributed by atoms with Crippen molar-refractivity contribution in [2.45, 2.75) is 58.0 Å². The van der Waals surface area contributed by atoms with Crippen LogP contribution in [0.1, 0.15) is 52.5 Å². The highest BCUT2D eigenvalue weighted by Crippen LogP contribution is 2.34. The van der Waals surface area contributed by atoms with E-state index >= 15 is 0 Å². The quantitative estimate of drug-likeness (QED) is 0.856. The van der Waals surface area contributed by atoms with Crippen molar-refractivity contribution >= 4 is 28.6 Å². The lowest BCUT2D eigenvalue weighted by Crippen LogP contribution is -2.27. The minimum atomic E-state index is -0.0879. The molecule has 0 saturated heterocycles. The summed E-state index contributed by atoms with van der Waals surface area (Å²) in [6.45, 7) is 6.31. The number of hydrogen-bond acceptors (Lipinski definition) is 4. The zero-order valence-electron chi connectivity index (χ0n) is 12.1. The summed E-state index contributed by atoms with van der Waals surface area (Å²) in [5.74, 6) is 0.775. The Morgan fingerprint density at radius 1 is 1.25 bits per heavy atom. The number of aromatic nitrogens is 4. The van der Waals surface area contributed by atoms with Crippen molar-refractivity contribution in [2.75, 3.05) is 5.32 Å². The molecule has 0 radical (unpaired) electrons. The van der Waals surface area contributed by atoms with Gasteiger partial charge in [-0.3, -0.25) is 0 Å². The third-order valence-corrected chi connectivity index (χ3v) is 3.78. The SMILES string of the molecule is CC(C)(C)Nc1nc(Cl)nc2ncn(C3CCCC3)c12. The van der Waals surface area contributed by atoms with Crippen LogP contribution in [0.3, 0.4) is 0 Å². The molecule has 0 unspecified atom stereocenters. The summed E-state index contributed by atoms with van der Waals surface area (Å²) in [5, 5.41) is 3.66. The molecule has 2 aromatic rings. The molecular formula is C14H20ClN5. The van der Waals surface area contributed by atoms with Gasteiger partial charge in [0.15, 0.2) is 11.5 Å². The maximum Gasteiger partial charge on any atom is 0.226 e. The van der Waals surface area contributed by atoms with Crippen LogP contribution in [0.4, 0.5) is 5.82 Å². The molecule has 0 aromatic carbocycles. The third-order valence-electron chi connectivity index (χ3n) is 3.61. The highest BCUT2D eigenvalue weighted by atomic mass is 35.5. The first kappa shape index (κ1) is 13.6. The van der Waals surface area contributed by atoms with Crippen LogP contribution in [0.15, 0.2) is 6.33 Å². The van der Waals surface area contributed by atoms with E-state index in [1.165, 1.54) is 25.7 Å². The molecule has 2 heterocycles. The van der Waals surface area contributed by atoms with Gasteiger partial charge in [-0.25, -0.2) is 4.98 Å². The third kappa shape index (κ3) is 2.59. The van der Waals surface area contributed by atoms with Gasteiger partial charge in [0.05, 0.1) is 6.33 Å². The highest BCUT2D eigenvalue weighted by Gasteiger charge is 2.23.